The smallest absolute Gasteiger partial charge is 0.251 e. The molecule has 0 bridgehead atoms. The van der Waals surface area contributed by atoms with E-state index in [-0.39, 0.29) is 26.4 Å². The van der Waals surface area contributed by atoms with Gasteiger partial charge in [-0.25, -0.2) is 0 Å². The van der Waals surface area contributed by atoms with Crippen LogP contribution in [-0.4, -0.2) is 168 Å². The molecular weight excluding hydrogens is 492 g/mol. The molecule has 1 aliphatic rings. The Morgan fingerprint density at radius 1 is 0.889 bits per heavy atom. The molecule has 0 radical (unpaired) electrons. The first-order valence-corrected chi connectivity index (χ1v) is 11.5. The summed E-state index contributed by atoms with van der Waals surface area (Å²) in [4.78, 5) is 12.2. The van der Waals surface area contributed by atoms with Crippen molar-refractivity contribution in [3.63, 3.8) is 0 Å². The molecule has 36 heavy (non-hydrogen) atoms. The fourth-order valence-corrected chi connectivity index (χ4v) is 3.15. The minimum atomic E-state index is -2.14. The van der Waals surface area contributed by atoms with E-state index in [0.717, 1.165) is 0 Å². The first kappa shape index (κ1) is 32.9. The van der Waals surface area contributed by atoms with Crippen molar-refractivity contribution in [2.45, 2.75) is 55.1 Å². The second kappa shape index (κ2) is 18.2. The Kier molecular flexibility index (Phi) is 16.7. The predicted molar refractivity (Wildman–Crippen MR) is 118 cm³/mol. The number of hydrogen-bond acceptors (Lipinski definition) is 15. The van der Waals surface area contributed by atoms with Crippen molar-refractivity contribution in [3.8, 4) is 0 Å². The molecule has 0 aliphatic carbocycles. The van der Waals surface area contributed by atoms with Crippen LogP contribution in [0.5, 0.6) is 0 Å². The Morgan fingerprint density at radius 2 is 1.47 bits per heavy atom. The number of amides is 1. The van der Waals surface area contributed by atoms with E-state index in [1.165, 1.54) is 0 Å². The van der Waals surface area contributed by atoms with Crippen molar-refractivity contribution < 1.29 is 69.3 Å². The highest BCUT2D eigenvalue weighted by Gasteiger charge is 2.47. The van der Waals surface area contributed by atoms with Crippen LogP contribution in [0.3, 0.4) is 0 Å². The number of hydrogen-bond donors (Lipinski definition) is 10. The van der Waals surface area contributed by atoms with E-state index in [1.54, 1.807) is 0 Å². The summed E-state index contributed by atoms with van der Waals surface area (Å²) < 4.78 is 26.0. The van der Waals surface area contributed by atoms with Crippen molar-refractivity contribution in [2.24, 2.45) is 5.73 Å². The molecule has 16 heteroatoms. The third-order valence-electron chi connectivity index (χ3n) is 5.19. The standard InChI is InChI=1S/C20H40N2O14/c21-1-3-32-5-7-34-8-6-33-4-2-22-19(31)16(29)15(28)18(11(25)9-23)36-20-17(30)14(27)13(26)12(10-24)35-20/h11-18,20,23-30H,1-10,21H2,(H,22,31)/t11-,12-,13-,14+,15-,16-,17-,18-,20-/m1/s1. The molecule has 0 aromatic heterocycles. The van der Waals surface area contributed by atoms with Crippen LogP contribution in [0.25, 0.3) is 0 Å². The number of nitrogens with one attached hydrogen (secondary N) is 1. The molecular formula is C20H40N2O14. The van der Waals surface area contributed by atoms with Crippen LogP contribution in [0, 0.1) is 0 Å². The largest absolute Gasteiger partial charge is 0.394 e. The van der Waals surface area contributed by atoms with Gasteiger partial charge in [-0.3, -0.25) is 4.79 Å². The number of rotatable bonds is 19. The summed E-state index contributed by atoms with van der Waals surface area (Å²) in [6, 6.07) is 0. The van der Waals surface area contributed by atoms with E-state index >= 15 is 0 Å². The van der Waals surface area contributed by atoms with Gasteiger partial charge in [-0.1, -0.05) is 0 Å². The number of carbonyl (C=O) groups is 1. The maximum absolute atomic E-state index is 12.2. The van der Waals surface area contributed by atoms with Crippen molar-refractivity contribution in [1.82, 2.24) is 5.32 Å². The van der Waals surface area contributed by atoms with Gasteiger partial charge in [-0.2, -0.15) is 0 Å². The molecule has 1 amide bonds. The summed E-state index contributed by atoms with van der Waals surface area (Å²) in [6.45, 7) is 0.455. The van der Waals surface area contributed by atoms with E-state index in [4.69, 9.17) is 29.4 Å². The molecule has 1 saturated heterocycles. The summed E-state index contributed by atoms with van der Waals surface area (Å²) >= 11 is 0. The van der Waals surface area contributed by atoms with Gasteiger partial charge in [-0.05, 0) is 0 Å². The van der Waals surface area contributed by atoms with Gasteiger partial charge in [0.1, 0.15) is 42.7 Å². The first-order chi connectivity index (χ1) is 17.2. The van der Waals surface area contributed by atoms with Crippen molar-refractivity contribution in [2.75, 3.05) is 65.9 Å². The number of nitrogens with two attached hydrogens (primary N) is 1. The second-order valence-corrected chi connectivity index (χ2v) is 7.90. The lowest BCUT2D eigenvalue weighted by molar-refractivity contribution is -0.326. The van der Waals surface area contributed by atoms with Gasteiger partial charge in [0.25, 0.3) is 5.91 Å². The van der Waals surface area contributed by atoms with Gasteiger partial charge in [0.15, 0.2) is 12.4 Å². The minimum absolute atomic E-state index is 0.0387. The molecule has 0 aromatic rings. The van der Waals surface area contributed by atoms with E-state index in [0.29, 0.717) is 26.4 Å². The normalized spacial score (nSPS) is 27.9. The highest BCUT2D eigenvalue weighted by Crippen LogP contribution is 2.25. The third kappa shape index (κ3) is 10.7. The minimum Gasteiger partial charge on any atom is -0.394 e. The maximum Gasteiger partial charge on any atom is 0.251 e. The lowest BCUT2D eigenvalue weighted by Gasteiger charge is -2.42. The lowest BCUT2D eigenvalue weighted by Crippen LogP contribution is -2.62. The predicted octanol–water partition coefficient (Wildman–Crippen LogP) is -6.63. The highest BCUT2D eigenvalue weighted by molar-refractivity contribution is 5.81. The topological polar surface area (TPSA) is 263 Å². The quantitative estimate of drug-likeness (QED) is 0.0693. The molecule has 1 aliphatic heterocycles. The Labute approximate surface area is 208 Å². The molecule has 1 rings (SSSR count). The molecule has 0 saturated carbocycles. The van der Waals surface area contributed by atoms with Gasteiger partial charge in [-0.15, -0.1) is 0 Å². The summed E-state index contributed by atoms with van der Waals surface area (Å²) in [5, 5.41) is 81.3. The van der Waals surface area contributed by atoms with Crippen LogP contribution >= 0.6 is 0 Å². The maximum atomic E-state index is 12.2. The van der Waals surface area contributed by atoms with E-state index < -0.39 is 74.2 Å². The van der Waals surface area contributed by atoms with Crippen LogP contribution in [0.1, 0.15) is 0 Å². The zero-order valence-electron chi connectivity index (χ0n) is 19.9. The van der Waals surface area contributed by atoms with E-state index in [1.807, 2.05) is 0 Å². The SMILES string of the molecule is NCCOCCOCCOCCNC(=O)[C@H](O)[C@@H](O)[C@H](O[C@H]1O[C@H](CO)[C@@H](O)[C@H](O)[C@H]1O)[C@H](O)CO. The van der Waals surface area contributed by atoms with Crippen LogP contribution < -0.4 is 11.1 Å². The third-order valence-corrected chi connectivity index (χ3v) is 5.19. The molecule has 9 atom stereocenters. The van der Waals surface area contributed by atoms with Crippen LogP contribution in [-0.2, 0) is 28.5 Å². The highest BCUT2D eigenvalue weighted by atomic mass is 16.7. The van der Waals surface area contributed by atoms with Gasteiger partial charge >= 0.3 is 0 Å². The number of ether oxygens (including phenoxy) is 5. The van der Waals surface area contributed by atoms with Crippen LogP contribution in [0.15, 0.2) is 0 Å². The summed E-state index contributed by atoms with van der Waals surface area (Å²) in [5.74, 6) is -1.05. The monoisotopic (exact) mass is 532 g/mol. The Morgan fingerprint density at radius 3 is 2.03 bits per heavy atom. The zero-order chi connectivity index (χ0) is 27.1. The van der Waals surface area contributed by atoms with Gasteiger partial charge < -0.3 is 75.6 Å². The molecule has 1 fully saturated rings. The van der Waals surface area contributed by atoms with Crippen molar-refractivity contribution in [3.05, 3.63) is 0 Å². The molecule has 0 unspecified atom stereocenters. The molecule has 0 spiro atoms. The molecule has 214 valence electrons. The number of aliphatic hydroxyl groups excluding tert-OH is 8. The van der Waals surface area contributed by atoms with Gasteiger partial charge in [0.2, 0.25) is 0 Å². The average Bonchev–Trinajstić information content (AvgIpc) is 2.88. The Hall–Kier alpha value is -1.09. The molecule has 1 heterocycles. The fraction of sp³-hybridized carbons (Fsp3) is 0.950. The lowest BCUT2D eigenvalue weighted by atomic mass is 9.98. The van der Waals surface area contributed by atoms with Crippen LogP contribution in [0.2, 0.25) is 0 Å². The van der Waals surface area contributed by atoms with Crippen molar-refractivity contribution >= 4 is 5.91 Å². The number of aliphatic hydroxyl groups is 8. The summed E-state index contributed by atoms with van der Waals surface area (Å²) in [5.41, 5.74) is 5.28. The fourth-order valence-electron chi connectivity index (χ4n) is 3.15. The Balaban J connectivity index is 2.48. The molecule has 16 nitrogen and oxygen atoms in total. The second-order valence-electron chi connectivity index (χ2n) is 7.90. The van der Waals surface area contributed by atoms with Crippen molar-refractivity contribution in [1.29, 1.82) is 0 Å². The van der Waals surface area contributed by atoms with Gasteiger partial charge in [0, 0.05) is 13.1 Å². The van der Waals surface area contributed by atoms with Crippen LogP contribution in [0.4, 0.5) is 0 Å². The molecule has 11 N–H and O–H groups in total. The zero-order valence-corrected chi connectivity index (χ0v) is 19.9. The summed E-state index contributed by atoms with van der Waals surface area (Å²) in [7, 11) is 0. The number of carbonyl (C=O) groups excluding carboxylic acids is 1. The van der Waals surface area contributed by atoms with E-state index in [2.05, 4.69) is 5.32 Å². The first-order valence-electron chi connectivity index (χ1n) is 11.5. The summed E-state index contributed by atoms with van der Waals surface area (Å²) in [6.07, 6.45) is -16.5. The Bertz CT molecular complexity index is 589. The average molecular weight is 533 g/mol. The molecule has 0 aromatic carbocycles. The van der Waals surface area contributed by atoms with Gasteiger partial charge in [0.05, 0.1) is 52.9 Å². The van der Waals surface area contributed by atoms with E-state index in [9.17, 15) is 45.6 Å².